The lowest BCUT2D eigenvalue weighted by atomic mass is 10.1. The van der Waals surface area contributed by atoms with Gasteiger partial charge in [-0.15, -0.1) is 12.4 Å². The molecule has 0 aromatic heterocycles. The van der Waals surface area contributed by atoms with Crippen molar-refractivity contribution in [3.05, 3.63) is 34.6 Å². The molecule has 0 aliphatic carbocycles. The molecule has 1 aromatic carbocycles. The van der Waals surface area contributed by atoms with Gasteiger partial charge < -0.3 is 5.73 Å². The molecule has 0 fully saturated rings. The van der Waals surface area contributed by atoms with Crippen LogP contribution < -0.4 is 5.73 Å². The fraction of sp³-hybridized carbons (Fsp3) is 0.333. The first-order valence-corrected chi connectivity index (χ1v) is 4.23. The monoisotopic (exact) mass is 223 g/mol. The average molecular weight is 224 g/mol. The van der Waals surface area contributed by atoms with Gasteiger partial charge in [0, 0.05) is 16.6 Å². The Morgan fingerprint density at radius 3 is 2.69 bits per heavy atom. The Morgan fingerprint density at radius 1 is 1.54 bits per heavy atom. The van der Waals surface area contributed by atoms with E-state index < -0.39 is 0 Å². The van der Waals surface area contributed by atoms with Gasteiger partial charge in [0.15, 0.2) is 0 Å². The molecular weight excluding hydrogens is 212 g/mol. The Labute approximate surface area is 88.5 Å². The van der Waals surface area contributed by atoms with Crippen LogP contribution in [0.15, 0.2) is 18.2 Å². The molecule has 0 saturated heterocycles. The van der Waals surface area contributed by atoms with E-state index in [4.69, 9.17) is 17.3 Å². The van der Waals surface area contributed by atoms with E-state index in [-0.39, 0.29) is 24.3 Å². The zero-order valence-electron chi connectivity index (χ0n) is 7.26. The van der Waals surface area contributed by atoms with Crippen LogP contribution in [0.1, 0.15) is 24.9 Å². The molecule has 0 bridgehead atoms. The minimum atomic E-state index is -0.284. The Morgan fingerprint density at radius 2 is 2.15 bits per heavy atom. The molecule has 0 spiro atoms. The summed E-state index contributed by atoms with van der Waals surface area (Å²) in [6.07, 6.45) is 0.706. The maximum Gasteiger partial charge on any atom is 0.128 e. The molecule has 0 unspecified atom stereocenters. The first kappa shape index (κ1) is 12.7. The quantitative estimate of drug-likeness (QED) is 0.819. The maximum absolute atomic E-state index is 13.1. The van der Waals surface area contributed by atoms with Crippen LogP contribution in [0.2, 0.25) is 5.02 Å². The van der Waals surface area contributed by atoms with E-state index in [0.29, 0.717) is 17.0 Å². The first-order chi connectivity index (χ1) is 5.65. The minimum absolute atomic E-state index is 0. The van der Waals surface area contributed by atoms with Crippen molar-refractivity contribution in [3.63, 3.8) is 0 Å². The van der Waals surface area contributed by atoms with Crippen LogP contribution in [0.4, 0.5) is 4.39 Å². The summed E-state index contributed by atoms with van der Waals surface area (Å²) in [6.45, 7) is 1.91. The van der Waals surface area contributed by atoms with Crippen molar-refractivity contribution in [2.24, 2.45) is 5.73 Å². The van der Waals surface area contributed by atoms with Crippen LogP contribution in [-0.2, 0) is 0 Å². The molecule has 0 heterocycles. The standard InChI is InChI=1S/C9H11ClFN.ClH/c1-2-9(12)7-5-6(10)3-4-8(7)11;/h3-5,9H,2,12H2,1H3;1H/t9-;/m0./s1. The molecule has 0 radical (unpaired) electrons. The summed E-state index contributed by atoms with van der Waals surface area (Å²) >= 11 is 5.70. The molecule has 1 nitrogen and oxygen atoms in total. The largest absolute Gasteiger partial charge is 0.324 e. The molecule has 1 aromatic rings. The Kier molecular flexibility index (Phi) is 5.30. The summed E-state index contributed by atoms with van der Waals surface area (Å²) in [6, 6.07) is 4.17. The van der Waals surface area contributed by atoms with E-state index in [2.05, 4.69) is 0 Å². The highest BCUT2D eigenvalue weighted by molar-refractivity contribution is 6.30. The van der Waals surface area contributed by atoms with Gasteiger partial charge in [-0.25, -0.2) is 4.39 Å². The number of rotatable bonds is 2. The van der Waals surface area contributed by atoms with Crippen molar-refractivity contribution >= 4 is 24.0 Å². The van der Waals surface area contributed by atoms with Gasteiger partial charge in [-0.1, -0.05) is 18.5 Å². The topological polar surface area (TPSA) is 26.0 Å². The second-order valence-electron chi connectivity index (χ2n) is 2.68. The summed E-state index contributed by atoms with van der Waals surface area (Å²) in [4.78, 5) is 0. The Hall–Kier alpha value is -0.310. The molecule has 2 N–H and O–H groups in total. The summed E-state index contributed by atoms with van der Waals surface area (Å²) in [5.74, 6) is -0.284. The number of halogens is 3. The zero-order chi connectivity index (χ0) is 9.14. The van der Waals surface area contributed by atoms with E-state index in [1.165, 1.54) is 12.1 Å². The van der Waals surface area contributed by atoms with Crippen LogP contribution in [0.5, 0.6) is 0 Å². The molecule has 13 heavy (non-hydrogen) atoms. The minimum Gasteiger partial charge on any atom is -0.324 e. The summed E-state index contributed by atoms with van der Waals surface area (Å²) in [7, 11) is 0. The molecule has 4 heteroatoms. The van der Waals surface area contributed by atoms with Crippen molar-refractivity contribution in [2.75, 3.05) is 0 Å². The van der Waals surface area contributed by atoms with Gasteiger partial charge in [-0.05, 0) is 24.6 Å². The van der Waals surface area contributed by atoms with Crippen LogP contribution in [0.25, 0.3) is 0 Å². The van der Waals surface area contributed by atoms with E-state index in [0.717, 1.165) is 0 Å². The van der Waals surface area contributed by atoms with Crippen molar-refractivity contribution in [1.29, 1.82) is 0 Å². The average Bonchev–Trinajstić information content (AvgIpc) is 2.08. The molecule has 0 aliphatic rings. The van der Waals surface area contributed by atoms with Crippen molar-refractivity contribution in [2.45, 2.75) is 19.4 Å². The Balaban J connectivity index is 0.00000144. The molecule has 1 atom stereocenters. The SMILES string of the molecule is CC[C@H](N)c1cc(Cl)ccc1F.Cl. The van der Waals surface area contributed by atoms with Crippen molar-refractivity contribution in [1.82, 2.24) is 0 Å². The second kappa shape index (κ2) is 5.43. The number of hydrogen-bond acceptors (Lipinski definition) is 1. The van der Waals surface area contributed by atoms with E-state index >= 15 is 0 Å². The summed E-state index contributed by atoms with van der Waals surface area (Å²) < 4.78 is 13.1. The smallest absolute Gasteiger partial charge is 0.128 e. The number of benzene rings is 1. The van der Waals surface area contributed by atoms with Gasteiger partial charge in [0.2, 0.25) is 0 Å². The van der Waals surface area contributed by atoms with Gasteiger partial charge in [0.1, 0.15) is 5.82 Å². The molecule has 0 amide bonds. The first-order valence-electron chi connectivity index (χ1n) is 3.85. The van der Waals surface area contributed by atoms with Crippen molar-refractivity contribution in [3.8, 4) is 0 Å². The summed E-state index contributed by atoms with van der Waals surface area (Å²) in [5, 5.41) is 0.523. The molecular formula is C9H12Cl2FN. The number of nitrogens with two attached hydrogens (primary N) is 1. The lowest BCUT2D eigenvalue weighted by Gasteiger charge is -2.09. The van der Waals surface area contributed by atoms with E-state index in [1.807, 2.05) is 6.92 Å². The third kappa shape index (κ3) is 3.14. The third-order valence-corrected chi connectivity index (χ3v) is 2.03. The predicted molar refractivity (Wildman–Crippen MR) is 55.9 cm³/mol. The third-order valence-electron chi connectivity index (χ3n) is 1.80. The second-order valence-corrected chi connectivity index (χ2v) is 3.12. The van der Waals surface area contributed by atoms with Crippen LogP contribution >= 0.6 is 24.0 Å². The lowest BCUT2D eigenvalue weighted by Crippen LogP contribution is -2.10. The lowest BCUT2D eigenvalue weighted by molar-refractivity contribution is 0.575. The fourth-order valence-electron chi connectivity index (χ4n) is 1.02. The van der Waals surface area contributed by atoms with Gasteiger partial charge in [-0.3, -0.25) is 0 Å². The van der Waals surface area contributed by atoms with Crippen LogP contribution in [-0.4, -0.2) is 0 Å². The molecule has 1 rings (SSSR count). The highest BCUT2D eigenvalue weighted by Crippen LogP contribution is 2.21. The van der Waals surface area contributed by atoms with Gasteiger partial charge >= 0.3 is 0 Å². The summed E-state index contributed by atoms with van der Waals surface area (Å²) in [5.41, 5.74) is 6.16. The number of hydrogen-bond donors (Lipinski definition) is 1. The predicted octanol–water partition coefficient (Wildman–Crippen LogP) is 3.31. The fourth-order valence-corrected chi connectivity index (χ4v) is 1.20. The van der Waals surface area contributed by atoms with Crippen molar-refractivity contribution < 1.29 is 4.39 Å². The Bertz CT molecular complexity index is 278. The van der Waals surface area contributed by atoms with Gasteiger partial charge in [0.25, 0.3) is 0 Å². The normalized spacial score (nSPS) is 12.0. The van der Waals surface area contributed by atoms with Crippen LogP contribution in [0, 0.1) is 5.82 Å². The van der Waals surface area contributed by atoms with Gasteiger partial charge in [-0.2, -0.15) is 0 Å². The molecule has 0 saturated carbocycles. The highest BCUT2D eigenvalue weighted by atomic mass is 35.5. The molecule has 74 valence electrons. The maximum atomic E-state index is 13.1. The highest BCUT2D eigenvalue weighted by Gasteiger charge is 2.09. The molecule has 0 aliphatic heterocycles. The van der Waals surface area contributed by atoms with E-state index in [9.17, 15) is 4.39 Å². The van der Waals surface area contributed by atoms with Gasteiger partial charge in [0.05, 0.1) is 0 Å². The van der Waals surface area contributed by atoms with E-state index in [1.54, 1.807) is 6.07 Å². The van der Waals surface area contributed by atoms with Crippen LogP contribution in [0.3, 0.4) is 0 Å². The zero-order valence-corrected chi connectivity index (χ0v) is 8.83.